The molecule has 0 saturated carbocycles. The number of carboxylic acids is 1. The monoisotopic (exact) mass is 234 g/mol. The largest absolute Gasteiger partial charge is 0.480 e. The van der Waals surface area contributed by atoms with Gasteiger partial charge in [0, 0.05) is 24.4 Å². The van der Waals surface area contributed by atoms with E-state index in [1.807, 2.05) is 0 Å². The predicted octanol–water partition coefficient (Wildman–Crippen LogP) is 0.0860. The topological polar surface area (TPSA) is 115 Å². The van der Waals surface area contributed by atoms with Crippen molar-refractivity contribution in [1.82, 2.24) is 15.3 Å². The molecule has 1 unspecified atom stereocenters. The van der Waals surface area contributed by atoms with Crippen molar-refractivity contribution in [3.63, 3.8) is 0 Å². The highest BCUT2D eigenvalue weighted by Crippen LogP contribution is 2.19. The van der Waals surface area contributed by atoms with Crippen molar-refractivity contribution >= 4 is 5.97 Å². The van der Waals surface area contributed by atoms with Gasteiger partial charge in [0.15, 0.2) is 0 Å². The summed E-state index contributed by atoms with van der Waals surface area (Å²) < 4.78 is 4.60. The Morgan fingerprint density at radius 1 is 1.53 bits per heavy atom. The Labute approximate surface area is 96.2 Å². The number of rotatable bonds is 4. The van der Waals surface area contributed by atoms with Gasteiger partial charge >= 0.3 is 5.97 Å². The molecule has 2 aromatic heterocycles. The van der Waals surface area contributed by atoms with Gasteiger partial charge in [0.1, 0.15) is 17.4 Å². The maximum Gasteiger partial charge on any atom is 0.320 e. The molecule has 0 amide bonds. The zero-order valence-corrected chi connectivity index (χ0v) is 8.78. The van der Waals surface area contributed by atoms with E-state index < -0.39 is 12.0 Å². The summed E-state index contributed by atoms with van der Waals surface area (Å²) in [5, 5.41) is 16.1. The Hall–Kier alpha value is -2.28. The molecule has 1 atom stereocenters. The summed E-state index contributed by atoms with van der Waals surface area (Å²) in [4.78, 5) is 14.6. The molecular weight excluding hydrogens is 224 g/mol. The molecule has 0 aliphatic rings. The molecule has 0 saturated heterocycles. The number of aliphatic carboxylic acids is 1. The highest BCUT2D eigenvalue weighted by Gasteiger charge is 2.19. The maximum atomic E-state index is 10.7. The number of carbonyl (C=O) groups is 1. The van der Waals surface area contributed by atoms with Gasteiger partial charge in [0.2, 0.25) is 0 Å². The summed E-state index contributed by atoms with van der Waals surface area (Å²) in [6.07, 6.45) is 3.28. The molecule has 2 heterocycles. The van der Waals surface area contributed by atoms with Gasteiger partial charge in [0.05, 0.1) is 0 Å². The van der Waals surface area contributed by atoms with Crippen molar-refractivity contribution < 1.29 is 14.5 Å². The Kier molecular flexibility index (Phi) is 3.10. The van der Waals surface area contributed by atoms with E-state index in [1.165, 1.54) is 0 Å². The Bertz CT molecular complexity index is 511. The molecule has 7 nitrogen and oxygen atoms in total. The SMILES string of the molecule is NC(Cc1nonc1-c1cccnc1)C(=O)O. The van der Waals surface area contributed by atoms with Gasteiger partial charge in [0.25, 0.3) is 0 Å². The standard InChI is InChI=1S/C10H10N4O3/c11-7(10(15)16)4-8-9(14-17-13-8)6-2-1-3-12-5-6/h1-3,5,7H,4,11H2,(H,15,16). The summed E-state index contributed by atoms with van der Waals surface area (Å²) in [6, 6.07) is 2.49. The van der Waals surface area contributed by atoms with Crippen LogP contribution in [0.3, 0.4) is 0 Å². The molecule has 2 rings (SSSR count). The van der Waals surface area contributed by atoms with Crippen LogP contribution in [0.25, 0.3) is 11.3 Å². The quantitative estimate of drug-likeness (QED) is 0.769. The summed E-state index contributed by atoms with van der Waals surface area (Å²) in [5.41, 5.74) is 7.02. The third-order valence-corrected chi connectivity index (χ3v) is 2.22. The van der Waals surface area contributed by atoms with E-state index in [2.05, 4.69) is 19.9 Å². The second-order valence-corrected chi connectivity index (χ2v) is 3.45. The van der Waals surface area contributed by atoms with Crippen LogP contribution < -0.4 is 5.73 Å². The number of hydrogen-bond acceptors (Lipinski definition) is 6. The van der Waals surface area contributed by atoms with Crippen molar-refractivity contribution in [2.75, 3.05) is 0 Å². The lowest BCUT2D eigenvalue weighted by molar-refractivity contribution is -0.138. The normalized spacial score (nSPS) is 12.3. The fourth-order valence-corrected chi connectivity index (χ4v) is 1.36. The molecule has 0 spiro atoms. The predicted molar refractivity (Wildman–Crippen MR) is 56.8 cm³/mol. The summed E-state index contributed by atoms with van der Waals surface area (Å²) in [6.45, 7) is 0. The summed E-state index contributed by atoms with van der Waals surface area (Å²) >= 11 is 0. The lowest BCUT2D eigenvalue weighted by Crippen LogP contribution is -2.32. The van der Waals surface area contributed by atoms with Crippen LogP contribution in [0.15, 0.2) is 29.2 Å². The molecule has 0 fully saturated rings. The number of carboxylic acid groups (broad SMARTS) is 1. The van der Waals surface area contributed by atoms with E-state index in [4.69, 9.17) is 10.8 Å². The minimum Gasteiger partial charge on any atom is -0.480 e. The van der Waals surface area contributed by atoms with Crippen molar-refractivity contribution in [3.05, 3.63) is 30.2 Å². The van der Waals surface area contributed by atoms with Crippen molar-refractivity contribution in [2.24, 2.45) is 5.73 Å². The molecule has 3 N–H and O–H groups in total. The van der Waals surface area contributed by atoms with Crippen LogP contribution in [0.2, 0.25) is 0 Å². The van der Waals surface area contributed by atoms with Crippen LogP contribution in [0.5, 0.6) is 0 Å². The second-order valence-electron chi connectivity index (χ2n) is 3.45. The molecule has 0 aliphatic heterocycles. The van der Waals surface area contributed by atoms with Gasteiger partial charge in [-0.1, -0.05) is 5.16 Å². The van der Waals surface area contributed by atoms with E-state index in [0.717, 1.165) is 0 Å². The van der Waals surface area contributed by atoms with Crippen molar-refractivity contribution in [2.45, 2.75) is 12.5 Å². The summed E-state index contributed by atoms with van der Waals surface area (Å²) in [7, 11) is 0. The van der Waals surface area contributed by atoms with E-state index >= 15 is 0 Å². The third kappa shape index (κ3) is 2.45. The average molecular weight is 234 g/mol. The zero-order chi connectivity index (χ0) is 12.3. The van der Waals surface area contributed by atoms with Crippen LogP contribution in [-0.4, -0.2) is 32.4 Å². The number of nitrogens with two attached hydrogens (primary N) is 1. The van der Waals surface area contributed by atoms with Gasteiger partial charge in [-0.15, -0.1) is 0 Å². The number of nitrogens with zero attached hydrogens (tertiary/aromatic N) is 3. The Balaban J connectivity index is 2.26. The highest BCUT2D eigenvalue weighted by atomic mass is 16.6. The molecule has 0 bridgehead atoms. The van der Waals surface area contributed by atoms with E-state index in [1.54, 1.807) is 24.5 Å². The van der Waals surface area contributed by atoms with Crippen LogP contribution in [0.1, 0.15) is 5.69 Å². The number of pyridine rings is 1. The van der Waals surface area contributed by atoms with E-state index in [9.17, 15) is 4.79 Å². The van der Waals surface area contributed by atoms with Crippen LogP contribution in [-0.2, 0) is 11.2 Å². The second kappa shape index (κ2) is 4.71. The van der Waals surface area contributed by atoms with Crippen LogP contribution in [0.4, 0.5) is 0 Å². The molecule has 0 aromatic carbocycles. The van der Waals surface area contributed by atoms with E-state index in [0.29, 0.717) is 17.0 Å². The lowest BCUT2D eigenvalue weighted by Gasteiger charge is -2.03. The smallest absolute Gasteiger partial charge is 0.320 e. The number of hydrogen-bond donors (Lipinski definition) is 2. The van der Waals surface area contributed by atoms with Crippen LogP contribution in [0, 0.1) is 0 Å². The van der Waals surface area contributed by atoms with Gasteiger partial charge in [-0.05, 0) is 17.3 Å². The van der Waals surface area contributed by atoms with Crippen molar-refractivity contribution in [3.8, 4) is 11.3 Å². The molecule has 2 aromatic rings. The molecule has 88 valence electrons. The minimum atomic E-state index is -1.09. The minimum absolute atomic E-state index is 0.0586. The zero-order valence-electron chi connectivity index (χ0n) is 8.78. The molecule has 0 aliphatic carbocycles. The molecular formula is C10H10N4O3. The van der Waals surface area contributed by atoms with Gasteiger partial charge < -0.3 is 10.8 Å². The average Bonchev–Trinajstić information content (AvgIpc) is 2.78. The van der Waals surface area contributed by atoms with Crippen LogP contribution >= 0.6 is 0 Å². The maximum absolute atomic E-state index is 10.7. The first-order valence-corrected chi connectivity index (χ1v) is 4.88. The number of aromatic nitrogens is 3. The first-order valence-electron chi connectivity index (χ1n) is 4.88. The Morgan fingerprint density at radius 3 is 3.00 bits per heavy atom. The van der Waals surface area contributed by atoms with Gasteiger partial charge in [-0.3, -0.25) is 9.78 Å². The Morgan fingerprint density at radius 2 is 2.35 bits per heavy atom. The van der Waals surface area contributed by atoms with E-state index in [-0.39, 0.29) is 6.42 Å². The van der Waals surface area contributed by atoms with Gasteiger partial charge in [-0.25, -0.2) is 4.63 Å². The highest BCUT2D eigenvalue weighted by molar-refractivity contribution is 5.74. The third-order valence-electron chi connectivity index (χ3n) is 2.22. The molecule has 0 radical (unpaired) electrons. The summed E-state index contributed by atoms with van der Waals surface area (Å²) in [5.74, 6) is -1.09. The fraction of sp³-hybridized carbons (Fsp3) is 0.200. The molecule has 7 heteroatoms. The lowest BCUT2D eigenvalue weighted by atomic mass is 10.1. The first-order chi connectivity index (χ1) is 8.18. The van der Waals surface area contributed by atoms with Gasteiger partial charge in [-0.2, -0.15) is 0 Å². The molecule has 17 heavy (non-hydrogen) atoms. The first kappa shape index (κ1) is 11.2. The fourth-order valence-electron chi connectivity index (χ4n) is 1.36. The van der Waals surface area contributed by atoms with Crippen molar-refractivity contribution in [1.29, 1.82) is 0 Å².